The number of rotatable bonds is 2. The van der Waals surface area contributed by atoms with Crippen molar-refractivity contribution >= 4 is 17.3 Å². The van der Waals surface area contributed by atoms with E-state index in [4.69, 9.17) is 17.3 Å². The fourth-order valence-corrected chi connectivity index (χ4v) is 2.81. The molecule has 100 valence electrons. The molecule has 4 nitrogen and oxygen atoms in total. The first-order valence-electron chi connectivity index (χ1n) is 6.61. The Morgan fingerprint density at radius 2 is 2.05 bits per heavy atom. The average molecular weight is 277 g/mol. The number of nitrogens with zero attached hydrogens (tertiary/aromatic N) is 3. The summed E-state index contributed by atoms with van der Waals surface area (Å²) in [5, 5.41) is 5.12. The highest BCUT2D eigenvalue weighted by molar-refractivity contribution is 6.33. The van der Waals surface area contributed by atoms with Gasteiger partial charge in [-0.25, -0.2) is 9.67 Å². The number of aryl methyl sites for hydroxylation is 1. The van der Waals surface area contributed by atoms with Gasteiger partial charge >= 0.3 is 0 Å². The van der Waals surface area contributed by atoms with Crippen molar-refractivity contribution in [1.29, 1.82) is 0 Å². The predicted molar refractivity (Wildman–Crippen MR) is 77.1 cm³/mol. The molecule has 0 amide bonds. The van der Waals surface area contributed by atoms with E-state index in [1.165, 1.54) is 25.7 Å². The van der Waals surface area contributed by atoms with E-state index in [0.717, 1.165) is 17.2 Å². The normalized spacial score (nSPS) is 16.1. The maximum atomic E-state index is 5.95. The maximum Gasteiger partial charge on any atom is 0.158 e. The van der Waals surface area contributed by atoms with Crippen molar-refractivity contribution in [3.8, 4) is 11.4 Å². The van der Waals surface area contributed by atoms with Crippen molar-refractivity contribution < 1.29 is 0 Å². The molecule has 19 heavy (non-hydrogen) atoms. The largest absolute Gasteiger partial charge is 0.398 e. The van der Waals surface area contributed by atoms with Crippen molar-refractivity contribution in [2.45, 2.75) is 31.6 Å². The molecular weight excluding hydrogens is 260 g/mol. The van der Waals surface area contributed by atoms with Crippen molar-refractivity contribution in [3.63, 3.8) is 0 Å². The van der Waals surface area contributed by atoms with Crippen LogP contribution < -0.4 is 5.73 Å². The number of hydrogen-bond donors (Lipinski definition) is 1. The van der Waals surface area contributed by atoms with E-state index >= 15 is 0 Å². The maximum absolute atomic E-state index is 5.95. The minimum Gasteiger partial charge on any atom is -0.398 e. The molecule has 1 aromatic heterocycles. The van der Waals surface area contributed by atoms with Crippen molar-refractivity contribution in [2.75, 3.05) is 5.73 Å². The highest BCUT2D eigenvalue weighted by Crippen LogP contribution is 2.33. The van der Waals surface area contributed by atoms with Crippen LogP contribution in [0.2, 0.25) is 5.02 Å². The quantitative estimate of drug-likeness (QED) is 0.856. The summed E-state index contributed by atoms with van der Waals surface area (Å²) in [6, 6.07) is 5.59. The molecule has 5 heteroatoms. The third-order valence-corrected chi connectivity index (χ3v) is 4.10. The molecule has 0 unspecified atom stereocenters. The van der Waals surface area contributed by atoms with Crippen LogP contribution in [0, 0.1) is 0 Å². The third-order valence-electron chi connectivity index (χ3n) is 3.75. The van der Waals surface area contributed by atoms with Gasteiger partial charge in [0.25, 0.3) is 0 Å². The zero-order valence-electron chi connectivity index (χ0n) is 10.9. The molecule has 1 fully saturated rings. The van der Waals surface area contributed by atoms with Gasteiger partial charge in [0.05, 0.1) is 10.7 Å². The molecule has 1 heterocycles. The van der Waals surface area contributed by atoms with Gasteiger partial charge in [0, 0.05) is 18.5 Å². The second-order valence-electron chi connectivity index (χ2n) is 5.13. The van der Waals surface area contributed by atoms with E-state index in [-0.39, 0.29) is 0 Å². The number of nitrogen functional groups attached to an aromatic ring is 1. The minimum atomic E-state index is 0.518. The first kappa shape index (κ1) is 12.5. The van der Waals surface area contributed by atoms with E-state index in [2.05, 4.69) is 10.1 Å². The molecule has 0 radical (unpaired) electrons. The lowest BCUT2D eigenvalue weighted by Gasteiger charge is -2.03. The van der Waals surface area contributed by atoms with Gasteiger partial charge in [-0.1, -0.05) is 24.4 Å². The van der Waals surface area contributed by atoms with Crippen LogP contribution in [0.1, 0.15) is 37.4 Å². The Bertz CT molecular complexity index is 599. The highest BCUT2D eigenvalue weighted by Gasteiger charge is 2.22. The molecule has 0 spiro atoms. The lowest BCUT2D eigenvalue weighted by atomic mass is 10.1. The van der Waals surface area contributed by atoms with Crippen LogP contribution in [0.15, 0.2) is 18.2 Å². The van der Waals surface area contributed by atoms with Crippen molar-refractivity contribution in [1.82, 2.24) is 14.8 Å². The van der Waals surface area contributed by atoms with Gasteiger partial charge in [-0.2, -0.15) is 5.10 Å². The first-order valence-corrected chi connectivity index (χ1v) is 6.99. The smallest absolute Gasteiger partial charge is 0.158 e. The second kappa shape index (κ2) is 4.85. The van der Waals surface area contributed by atoms with E-state index in [0.29, 0.717) is 16.6 Å². The number of anilines is 1. The van der Waals surface area contributed by atoms with Crippen LogP contribution in [-0.4, -0.2) is 14.8 Å². The first-order chi connectivity index (χ1) is 9.15. The summed E-state index contributed by atoms with van der Waals surface area (Å²) < 4.78 is 1.83. The van der Waals surface area contributed by atoms with Gasteiger partial charge in [-0.3, -0.25) is 0 Å². The molecule has 1 aromatic carbocycles. The molecule has 1 aliphatic carbocycles. The lowest BCUT2D eigenvalue weighted by Crippen LogP contribution is -1.97. The summed E-state index contributed by atoms with van der Waals surface area (Å²) in [5.74, 6) is 2.33. The summed E-state index contributed by atoms with van der Waals surface area (Å²) >= 11 is 5.95. The molecule has 1 saturated carbocycles. The van der Waals surface area contributed by atoms with Gasteiger partial charge in [-0.15, -0.1) is 0 Å². The fourth-order valence-electron chi connectivity index (χ4n) is 2.70. The summed E-state index contributed by atoms with van der Waals surface area (Å²) in [6.07, 6.45) is 4.97. The Morgan fingerprint density at radius 1 is 1.32 bits per heavy atom. The van der Waals surface area contributed by atoms with Gasteiger partial charge in [-0.05, 0) is 31.0 Å². The topological polar surface area (TPSA) is 56.7 Å². The van der Waals surface area contributed by atoms with Crippen LogP contribution in [0.3, 0.4) is 0 Å². The van der Waals surface area contributed by atoms with Gasteiger partial charge < -0.3 is 5.73 Å². The van der Waals surface area contributed by atoms with E-state index < -0.39 is 0 Å². The zero-order chi connectivity index (χ0) is 13.4. The number of benzene rings is 1. The van der Waals surface area contributed by atoms with Gasteiger partial charge in [0.1, 0.15) is 0 Å². The van der Waals surface area contributed by atoms with Crippen molar-refractivity contribution in [2.24, 2.45) is 7.05 Å². The van der Waals surface area contributed by atoms with Crippen LogP contribution in [0.5, 0.6) is 0 Å². The summed E-state index contributed by atoms with van der Waals surface area (Å²) in [7, 11) is 1.92. The minimum absolute atomic E-state index is 0.518. The zero-order valence-corrected chi connectivity index (χ0v) is 11.7. The molecule has 2 aromatic rings. The Balaban J connectivity index is 1.97. The molecule has 0 bridgehead atoms. The van der Waals surface area contributed by atoms with Gasteiger partial charge in [0.15, 0.2) is 11.6 Å². The number of aromatic nitrogens is 3. The Morgan fingerprint density at radius 3 is 2.74 bits per heavy atom. The Hall–Kier alpha value is -1.55. The highest BCUT2D eigenvalue weighted by atomic mass is 35.5. The summed E-state index contributed by atoms with van der Waals surface area (Å²) in [4.78, 5) is 4.69. The molecule has 3 rings (SSSR count). The number of nitrogens with two attached hydrogens (primary N) is 1. The number of hydrogen-bond acceptors (Lipinski definition) is 3. The Kier molecular flexibility index (Phi) is 3.19. The average Bonchev–Trinajstić information content (AvgIpc) is 3.01. The molecule has 2 N–H and O–H groups in total. The SMILES string of the molecule is Cn1nc(C2CCCC2)nc1-c1ccc(Cl)c(N)c1. The second-order valence-corrected chi connectivity index (χ2v) is 5.54. The fraction of sp³-hybridized carbons (Fsp3) is 0.429. The van der Waals surface area contributed by atoms with Crippen LogP contribution in [0.4, 0.5) is 5.69 Å². The Labute approximate surface area is 117 Å². The third kappa shape index (κ3) is 2.32. The molecule has 0 saturated heterocycles. The summed E-state index contributed by atoms with van der Waals surface area (Å²) in [6.45, 7) is 0. The predicted octanol–water partition coefficient (Wildman–Crippen LogP) is 3.38. The molecular formula is C14H17ClN4. The van der Waals surface area contributed by atoms with Crippen LogP contribution >= 0.6 is 11.6 Å². The monoisotopic (exact) mass is 276 g/mol. The van der Waals surface area contributed by atoms with Gasteiger partial charge in [0.2, 0.25) is 0 Å². The van der Waals surface area contributed by atoms with E-state index in [1.54, 1.807) is 6.07 Å². The lowest BCUT2D eigenvalue weighted by molar-refractivity contribution is 0.648. The van der Waals surface area contributed by atoms with Crippen molar-refractivity contribution in [3.05, 3.63) is 29.0 Å². The molecule has 1 aliphatic rings. The summed E-state index contributed by atoms with van der Waals surface area (Å²) in [5.41, 5.74) is 7.38. The van der Waals surface area contributed by atoms with E-state index in [9.17, 15) is 0 Å². The number of halogens is 1. The standard InChI is InChI=1S/C14H17ClN4/c1-19-14(10-6-7-11(15)12(16)8-10)17-13(18-19)9-4-2-3-5-9/h6-9H,2-5,16H2,1H3. The van der Waals surface area contributed by atoms with E-state index in [1.807, 2.05) is 23.9 Å². The van der Waals surface area contributed by atoms with Crippen LogP contribution in [0.25, 0.3) is 11.4 Å². The molecule has 0 aliphatic heterocycles. The van der Waals surface area contributed by atoms with Crippen LogP contribution in [-0.2, 0) is 7.05 Å². The molecule has 0 atom stereocenters.